The van der Waals surface area contributed by atoms with Gasteiger partial charge in [0.15, 0.2) is 11.5 Å². The van der Waals surface area contributed by atoms with Crippen molar-refractivity contribution in [2.75, 3.05) is 13.7 Å². The molecule has 0 saturated carbocycles. The number of Topliss-reactive ketones (excluding diaryl/α,β-unsaturated/α-hetero) is 1. The molecule has 2 aliphatic heterocycles. The van der Waals surface area contributed by atoms with Crippen molar-refractivity contribution in [2.45, 2.75) is 77.7 Å². The molecule has 0 amide bonds. The molecule has 1 N–H and O–H groups in total. The van der Waals surface area contributed by atoms with Gasteiger partial charge in [-0.2, -0.15) is 0 Å². The van der Waals surface area contributed by atoms with Crippen LogP contribution in [-0.2, 0) is 14.3 Å². The van der Waals surface area contributed by atoms with Crippen molar-refractivity contribution < 1.29 is 38.4 Å². The summed E-state index contributed by atoms with van der Waals surface area (Å²) in [7, 11) is 1.55. The van der Waals surface area contributed by atoms with Gasteiger partial charge in [-0.05, 0) is 56.2 Å². The number of benzene rings is 2. The van der Waals surface area contributed by atoms with Gasteiger partial charge in [0, 0.05) is 29.9 Å². The standard InChI is InChI=1S/C32H38O8/c1-19(2)18-38-31-23(14-9-15-25(31)37-4)24-17-27(34)40-26-16-21-11-6-5-7-12-22(33)13-8-10-20(3)39-32(36)28(21)30(35)29(24)26/h6,9,11,14-16,19-20,24,35H,5,7-8,10,12-13,17-18H2,1-4H3/t20-,24+/m1/s1. The highest BCUT2D eigenvalue weighted by Crippen LogP contribution is 2.50. The van der Waals surface area contributed by atoms with Crippen LogP contribution in [0.4, 0.5) is 0 Å². The first-order chi connectivity index (χ1) is 19.2. The molecule has 0 unspecified atom stereocenters. The average molecular weight is 551 g/mol. The Morgan fingerprint density at radius 1 is 1.12 bits per heavy atom. The third kappa shape index (κ3) is 6.66. The maximum atomic E-state index is 13.5. The zero-order valence-electron chi connectivity index (χ0n) is 23.7. The molecule has 8 heteroatoms. The molecule has 0 fully saturated rings. The molecule has 0 aliphatic carbocycles. The SMILES string of the molecule is COc1cccc([C@@H]2CC(=O)Oc3cc4c(c(O)c32)C(=O)O[C@H](C)CCCC(=O)CCCC=C4)c1OCC(C)C. The summed E-state index contributed by atoms with van der Waals surface area (Å²) in [5, 5.41) is 11.7. The van der Waals surface area contributed by atoms with E-state index in [0.717, 1.165) is 0 Å². The molecule has 40 heavy (non-hydrogen) atoms. The van der Waals surface area contributed by atoms with E-state index < -0.39 is 24.0 Å². The Balaban J connectivity index is 1.85. The Morgan fingerprint density at radius 3 is 2.65 bits per heavy atom. The summed E-state index contributed by atoms with van der Waals surface area (Å²) in [6, 6.07) is 7.01. The van der Waals surface area contributed by atoms with Crippen molar-refractivity contribution in [3.05, 3.63) is 52.6 Å². The van der Waals surface area contributed by atoms with Gasteiger partial charge < -0.3 is 24.1 Å². The van der Waals surface area contributed by atoms with Crippen LogP contribution in [-0.4, -0.2) is 42.6 Å². The third-order valence-corrected chi connectivity index (χ3v) is 7.14. The number of phenolic OH excluding ortho intramolecular Hbond substituents is 1. The lowest BCUT2D eigenvalue weighted by Crippen LogP contribution is -2.24. The second kappa shape index (κ2) is 13.0. The van der Waals surface area contributed by atoms with E-state index in [2.05, 4.69) is 0 Å². The molecule has 0 saturated heterocycles. The molecule has 2 aromatic carbocycles. The number of carbonyl (C=O) groups excluding carboxylic acids is 3. The number of aromatic hydroxyl groups is 1. The summed E-state index contributed by atoms with van der Waals surface area (Å²) in [6.07, 6.45) is 6.47. The quantitative estimate of drug-likeness (QED) is 0.339. The monoisotopic (exact) mass is 550 g/mol. The molecule has 0 bridgehead atoms. The van der Waals surface area contributed by atoms with Gasteiger partial charge in [-0.15, -0.1) is 0 Å². The molecular weight excluding hydrogens is 512 g/mol. The van der Waals surface area contributed by atoms with Gasteiger partial charge in [0.2, 0.25) is 0 Å². The minimum Gasteiger partial charge on any atom is -0.507 e. The molecule has 214 valence electrons. The summed E-state index contributed by atoms with van der Waals surface area (Å²) in [6.45, 7) is 6.26. The van der Waals surface area contributed by atoms with Crippen LogP contribution in [0.15, 0.2) is 30.3 Å². The zero-order valence-corrected chi connectivity index (χ0v) is 23.7. The molecule has 2 aliphatic rings. The lowest BCUT2D eigenvalue weighted by Gasteiger charge is -2.29. The van der Waals surface area contributed by atoms with Gasteiger partial charge in [-0.25, -0.2) is 4.79 Å². The van der Waals surface area contributed by atoms with E-state index in [1.54, 1.807) is 38.3 Å². The number of hydrogen-bond acceptors (Lipinski definition) is 8. The first-order valence-corrected chi connectivity index (χ1v) is 14.0. The Morgan fingerprint density at radius 2 is 1.90 bits per heavy atom. The molecule has 0 spiro atoms. The fraction of sp³-hybridized carbons (Fsp3) is 0.469. The van der Waals surface area contributed by atoms with Gasteiger partial charge in [0.25, 0.3) is 0 Å². The van der Waals surface area contributed by atoms with Crippen molar-refractivity contribution in [3.8, 4) is 23.0 Å². The molecule has 2 atom stereocenters. The number of methoxy groups -OCH3 is 1. The van der Waals surface area contributed by atoms with Crippen molar-refractivity contribution in [2.24, 2.45) is 5.92 Å². The number of allylic oxidation sites excluding steroid dienone is 1. The number of ketones is 1. The van der Waals surface area contributed by atoms with Crippen molar-refractivity contribution in [1.82, 2.24) is 0 Å². The summed E-state index contributed by atoms with van der Waals surface area (Å²) in [5.74, 6) is -0.465. The van der Waals surface area contributed by atoms with Crippen LogP contribution in [0.5, 0.6) is 23.0 Å². The number of cyclic esters (lactones) is 1. The van der Waals surface area contributed by atoms with Gasteiger partial charge in [-0.1, -0.05) is 38.1 Å². The highest BCUT2D eigenvalue weighted by Gasteiger charge is 2.37. The van der Waals surface area contributed by atoms with Gasteiger partial charge >= 0.3 is 11.9 Å². The minimum atomic E-state index is -0.673. The van der Waals surface area contributed by atoms with E-state index in [-0.39, 0.29) is 35.2 Å². The van der Waals surface area contributed by atoms with Crippen LogP contribution in [0.3, 0.4) is 0 Å². The van der Waals surface area contributed by atoms with Crippen LogP contribution in [0.1, 0.15) is 98.7 Å². The second-order valence-corrected chi connectivity index (χ2v) is 10.9. The van der Waals surface area contributed by atoms with E-state index in [0.29, 0.717) is 73.3 Å². The van der Waals surface area contributed by atoms with E-state index in [1.807, 2.05) is 26.0 Å². The van der Waals surface area contributed by atoms with Crippen molar-refractivity contribution in [1.29, 1.82) is 0 Å². The smallest absolute Gasteiger partial charge is 0.342 e. The molecule has 2 aromatic rings. The van der Waals surface area contributed by atoms with Gasteiger partial charge in [-0.3, -0.25) is 9.59 Å². The Labute approximate surface area is 235 Å². The topological polar surface area (TPSA) is 108 Å². The fourth-order valence-corrected chi connectivity index (χ4v) is 5.16. The van der Waals surface area contributed by atoms with Crippen LogP contribution in [0, 0.1) is 5.92 Å². The lowest BCUT2D eigenvalue weighted by atomic mass is 9.83. The number of fused-ring (bicyclic) bond motifs is 2. The predicted octanol–water partition coefficient (Wildman–Crippen LogP) is 6.36. The van der Waals surface area contributed by atoms with Crippen LogP contribution >= 0.6 is 0 Å². The zero-order chi connectivity index (χ0) is 28.8. The number of rotatable bonds is 5. The summed E-state index contributed by atoms with van der Waals surface area (Å²) >= 11 is 0. The van der Waals surface area contributed by atoms with Crippen LogP contribution in [0.2, 0.25) is 0 Å². The van der Waals surface area contributed by atoms with Crippen LogP contribution < -0.4 is 14.2 Å². The molecule has 0 aromatic heterocycles. The van der Waals surface area contributed by atoms with E-state index in [9.17, 15) is 19.5 Å². The first kappa shape index (κ1) is 29.2. The number of ether oxygens (including phenoxy) is 4. The normalized spacial score (nSPS) is 20.2. The molecule has 0 radical (unpaired) electrons. The minimum absolute atomic E-state index is 0.0190. The number of para-hydroxylation sites is 1. The predicted molar refractivity (Wildman–Crippen MR) is 150 cm³/mol. The number of esters is 2. The lowest BCUT2D eigenvalue weighted by molar-refractivity contribution is -0.135. The molecular formula is C32H38O8. The van der Waals surface area contributed by atoms with Gasteiger partial charge in [0.1, 0.15) is 22.8 Å². The molecule has 8 nitrogen and oxygen atoms in total. The largest absolute Gasteiger partial charge is 0.507 e. The van der Waals surface area contributed by atoms with Crippen molar-refractivity contribution >= 4 is 23.8 Å². The summed E-state index contributed by atoms with van der Waals surface area (Å²) in [5.41, 5.74) is 1.37. The van der Waals surface area contributed by atoms with Crippen LogP contribution in [0.25, 0.3) is 6.08 Å². The third-order valence-electron chi connectivity index (χ3n) is 7.14. The summed E-state index contributed by atoms with van der Waals surface area (Å²) in [4.78, 5) is 38.4. The van der Waals surface area contributed by atoms with E-state index >= 15 is 0 Å². The highest BCUT2D eigenvalue weighted by molar-refractivity contribution is 5.98. The van der Waals surface area contributed by atoms with Crippen molar-refractivity contribution in [3.63, 3.8) is 0 Å². The average Bonchev–Trinajstić information content (AvgIpc) is 2.90. The maximum Gasteiger partial charge on any atom is 0.342 e. The number of phenols is 1. The first-order valence-electron chi connectivity index (χ1n) is 14.0. The van der Waals surface area contributed by atoms with E-state index in [1.165, 1.54) is 0 Å². The Hall–Kier alpha value is -3.81. The van der Waals surface area contributed by atoms with E-state index in [4.69, 9.17) is 18.9 Å². The fourth-order valence-electron chi connectivity index (χ4n) is 5.16. The second-order valence-electron chi connectivity index (χ2n) is 10.9. The maximum absolute atomic E-state index is 13.5. The van der Waals surface area contributed by atoms with Gasteiger partial charge in [0.05, 0.1) is 26.2 Å². The Kier molecular flexibility index (Phi) is 9.50. The number of hydrogen-bond donors (Lipinski definition) is 1. The number of carbonyl (C=O) groups is 3. The molecule has 2 heterocycles. The Bertz CT molecular complexity index is 1290. The molecule has 4 rings (SSSR count). The highest BCUT2D eigenvalue weighted by atomic mass is 16.5. The summed E-state index contributed by atoms with van der Waals surface area (Å²) < 4.78 is 23.0.